The number of carbonyl (C=O) groups excluding carboxylic acids is 1. The summed E-state index contributed by atoms with van der Waals surface area (Å²) >= 11 is 6.01. The third kappa shape index (κ3) is 2.82. The van der Waals surface area contributed by atoms with Crippen LogP contribution in [0.15, 0.2) is 35.3 Å². The Balaban J connectivity index is 2.43. The minimum absolute atomic E-state index is 0.127. The van der Waals surface area contributed by atoms with Gasteiger partial charge in [0.1, 0.15) is 11.4 Å². The molecule has 0 aliphatic rings. The summed E-state index contributed by atoms with van der Waals surface area (Å²) in [6.45, 7) is 1.86. The van der Waals surface area contributed by atoms with Gasteiger partial charge < -0.3 is 9.72 Å². The van der Waals surface area contributed by atoms with Gasteiger partial charge in [0, 0.05) is 11.8 Å². The van der Waals surface area contributed by atoms with Gasteiger partial charge in [-0.05, 0) is 19.1 Å². The molecule has 0 fully saturated rings. The molecule has 0 aliphatic heterocycles. The number of halogens is 1. The predicted octanol–water partition coefficient (Wildman–Crippen LogP) is 2.27. The average molecular weight is 279 g/mol. The number of aromatic amines is 1. The molecule has 0 amide bonds. The molecule has 98 valence electrons. The number of ether oxygens (including phenoxy) is 1. The molecule has 1 aromatic heterocycles. The highest BCUT2D eigenvalue weighted by molar-refractivity contribution is 6.33. The summed E-state index contributed by atoms with van der Waals surface area (Å²) in [5, 5.41) is 0.467. The van der Waals surface area contributed by atoms with E-state index in [-0.39, 0.29) is 12.2 Å². The first-order valence-electron chi connectivity index (χ1n) is 5.64. The monoisotopic (exact) mass is 278 g/mol. The Bertz CT molecular complexity index is 667. The first-order valence-corrected chi connectivity index (χ1v) is 6.02. The maximum absolute atomic E-state index is 11.8. The Hall–Kier alpha value is -2.14. The number of nitrogens with zero attached hydrogens (tertiary/aromatic N) is 1. The fraction of sp³-hybridized carbons (Fsp3) is 0.154. The zero-order valence-corrected chi connectivity index (χ0v) is 10.9. The van der Waals surface area contributed by atoms with E-state index in [0.29, 0.717) is 16.4 Å². The van der Waals surface area contributed by atoms with Crippen LogP contribution in [0, 0.1) is 0 Å². The zero-order valence-electron chi connectivity index (χ0n) is 10.1. The fourth-order valence-electron chi connectivity index (χ4n) is 1.54. The van der Waals surface area contributed by atoms with Crippen LogP contribution in [0.4, 0.5) is 0 Å². The van der Waals surface area contributed by atoms with E-state index < -0.39 is 11.5 Å². The second-order valence-electron chi connectivity index (χ2n) is 3.67. The van der Waals surface area contributed by atoms with Crippen molar-refractivity contribution >= 4 is 17.6 Å². The number of rotatable bonds is 3. The highest BCUT2D eigenvalue weighted by Gasteiger charge is 2.14. The number of hydrogen-bond donors (Lipinski definition) is 1. The molecule has 0 unspecified atom stereocenters. The molecule has 0 bridgehead atoms. The molecular weight excluding hydrogens is 268 g/mol. The van der Waals surface area contributed by atoms with Gasteiger partial charge in [0.05, 0.1) is 11.6 Å². The number of esters is 1. The lowest BCUT2D eigenvalue weighted by Crippen LogP contribution is -2.21. The lowest BCUT2D eigenvalue weighted by Gasteiger charge is -2.04. The van der Waals surface area contributed by atoms with E-state index in [1.165, 1.54) is 6.20 Å². The van der Waals surface area contributed by atoms with Crippen LogP contribution < -0.4 is 5.56 Å². The second kappa shape index (κ2) is 5.67. The molecule has 1 N–H and O–H groups in total. The molecule has 0 saturated carbocycles. The molecule has 5 nitrogen and oxygen atoms in total. The molecule has 6 heteroatoms. The lowest BCUT2D eigenvalue weighted by molar-refractivity contribution is 0.0524. The normalized spacial score (nSPS) is 10.2. The van der Waals surface area contributed by atoms with Crippen molar-refractivity contribution in [2.75, 3.05) is 6.61 Å². The summed E-state index contributed by atoms with van der Waals surface area (Å²) in [5.41, 5.74) is -0.0855. The van der Waals surface area contributed by atoms with Crippen LogP contribution >= 0.6 is 11.6 Å². The van der Waals surface area contributed by atoms with E-state index in [1.54, 1.807) is 31.2 Å². The van der Waals surface area contributed by atoms with Crippen LogP contribution in [-0.4, -0.2) is 22.5 Å². The van der Waals surface area contributed by atoms with Gasteiger partial charge in [-0.25, -0.2) is 9.78 Å². The summed E-state index contributed by atoms with van der Waals surface area (Å²) in [5.74, 6) is -0.384. The van der Waals surface area contributed by atoms with Gasteiger partial charge in [-0.1, -0.05) is 23.7 Å². The van der Waals surface area contributed by atoms with E-state index >= 15 is 0 Å². The molecular formula is C13H11ClN2O3. The number of benzene rings is 1. The summed E-state index contributed by atoms with van der Waals surface area (Å²) in [6, 6.07) is 6.97. The number of hydrogen-bond acceptors (Lipinski definition) is 4. The maximum atomic E-state index is 11.8. The molecule has 1 aromatic carbocycles. The standard InChI is InChI=1S/C13H11ClN2O3/c1-2-19-13(18)9-7-15-11(16-12(9)17)8-5-3-4-6-10(8)14/h3-7H,2H2,1H3,(H,15,16,17). The Morgan fingerprint density at radius 2 is 2.16 bits per heavy atom. The second-order valence-corrected chi connectivity index (χ2v) is 4.08. The molecule has 2 aromatic rings. The summed E-state index contributed by atoms with van der Waals surface area (Å²) in [6.07, 6.45) is 1.19. The topological polar surface area (TPSA) is 72.0 Å². The third-order valence-corrected chi connectivity index (χ3v) is 2.75. The van der Waals surface area contributed by atoms with Gasteiger partial charge in [0.25, 0.3) is 5.56 Å². The van der Waals surface area contributed by atoms with Gasteiger partial charge in [0.2, 0.25) is 0 Å². The van der Waals surface area contributed by atoms with Crippen molar-refractivity contribution in [1.29, 1.82) is 0 Å². The molecule has 19 heavy (non-hydrogen) atoms. The summed E-state index contributed by atoms with van der Waals surface area (Å²) in [4.78, 5) is 29.8. The quantitative estimate of drug-likeness (QED) is 0.874. The Labute approximate surface area is 114 Å². The van der Waals surface area contributed by atoms with E-state index in [2.05, 4.69) is 9.97 Å². The molecule has 0 spiro atoms. The fourth-order valence-corrected chi connectivity index (χ4v) is 1.76. The zero-order chi connectivity index (χ0) is 13.8. The third-order valence-electron chi connectivity index (χ3n) is 2.42. The van der Waals surface area contributed by atoms with Gasteiger partial charge >= 0.3 is 5.97 Å². The van der Waals surface area contributed by atoms with Gasteiger partial charge in [-0.3, -0.25) is 4.79 Å². The number of H-pyrrole nitrogens is 1. The predicted molar refractivity (Wildman–Crippen MR) is 71.3 cm³/mol. The van der Waals surface area contributed by atoms with E-state index in [1.807, 2.05) is 0 Å². The highest BCUT2D eigenvalue weighted by Crippen LogP contribution is 2.23. The van der Waals surface area contributed by atoms with Gasteiger partial charge in [0.15, 0.2) is 0 Å². The van der Waals surface area contributed by atoms with Crippen LogP contribution in [0.3, 0.4) is 0 Å². The van der Waals surface area contributed by atoms with E-state index in [9.17, 15) is 9.59 Å². The average Bonchev–Trinajstić information content (AvgIpc) is 2.39. The minimum Gasteiger partial charge on any atom is -0.462 e. The molecule has 2 rings (SSSR count). The van der Waals surface area contributed by atoms with E-state index in [0.717, 1.165) is 0 Å². The number of nitrogens with one attached hydrogen (secondary N) is 1. The smallest absolute Gasteiger partial charge is 0.345 e. The maximum Gasteiger partial charge on any atom is 0.345 e. The largest absolute Gasteiger partial charge is 0.462 e. The van der Waals surface area contributed by atoms with Crippen LogP contribution in [0.25, 0.3) is 11.4 Å². The van der Waals surface area contributed by atoms with Crippen LogP contribution in [0.2, 0.25) is 5.02 Å². The lowest BCUT2D eigenvalue weighted by atomic mass is 10.2. The van der Waals surface area contributed by atoms with Crippen LogP contribution in [-0.2, 0) is 4.74 Å². The molecule has 0 saturated heterocycles. The minimum atomic E-state index is -0.693. The van der Waals surface area contributed by atoms with E-state index in [4.69, 9.17) is 16.3 Å². The Kier molecular flexibility index (Phi) is 3.97. The van der Waals surface area contributed by atoms with Crippen molar-refractivity contribution in [3.8, 4) is 11.4 Å². The summed E-state index contributed by atoms with van der Waals surface area (Å²) in [7, 11) is 0. The first-order chi connectivity index (χ1) is 9.13. The molecule has 0 atom stereocenters. The van der Waals surface area contributed by atoms with Crippen molar-refractivity contribution < 1.29 is 9.53 Å². The van der Waals surface area contributed by atoms with Crippen molar-refractivity contribution in [1.82, 2.24) is 9.97 Å². The van der Waals surface area contributed by atoms with Crippen LogP contribution in [0.1, 0.15) is 17.3 Å². The SMILES string of the molecule is CCOC(=O)c1cnc(-c2ccccc2Cl)[nH]c1=O. The van der Waals surface area contributed by atoms with Gasteiger partial charge in [-0.2, -0.15) is 0 Å². The van der Waals surface area contributed by atoms with Crippen molar-refractivity contribution in [3.05, 3.63) is 51.4 Å². The van der Waals surface area contributed by atoms with Crippen molar-refractivity contribution in [3.63, 3.8) is 0 Å². The highest BCUT2D eigenvalue weighted by atomic mass is 35.5. The molecule has 0 radical (unpaired) electrons. The number of aromatic nitrogens is 2. The molecule has 0 aliphatic carbocycles. The first kappa shape index (κ1) is 13.3. The van der Waals surface area contributed by atoms with Crippen molar-refractivity contribution in [2.45, 2.75) is 6.92 Å². The van der Waals surface area contributed by atoms with Gasteiger partial charge in [-0.15, -0.1) is 0 Å². The Morgan fingerprint density at radius 3 is 2.79 bits per heavy atom. The van der Waals surface area contributed by atoms with Crippen LogP contribution in [0.5, 0.6) is 0 Å². The number of carbonyl (C=O) groups is 1. The molecule has 1 heterocycles. The summed E-state index contributed by atoms with van der Waals surface area (Å²) < 4.78 is 4.75. The van der Waals surface area contributed by atoms with Crippen molar-refractivity contribution in [2.24, 2.45) is 0 Å². The Morgan fingerprint density at radius 1 is 1.42 bits per heavy atom.